The van der Waals surface area contributed by atoms with Crippen LogP contribution < -0.4 is 10.5 Å². The summed E-state index contributed by atoms with van der Waals surface area (Å²) >= 11 is 0. The number of primary amides is 1. The highest BCUT2D eigenvalue weighted by Crippen LogP contribution is 2.46. The van der Waals surface area contributed by atoms with E-state index in [1.54, 1.807) is 10.7 Å². The van der Waals surface area contributed by atoms with Crippen molar-refractivity contribution in [1.29, 1.82) is 0 Å². The Hall–Kier alpha value is -1.60. The Morgan fingerprint density at radius 1 is 1.45 bits per heavy atom. The first-order chi connectivity index (χ1) is 10.3. The van der Waals surface area contributed by atoms with E-state index in [0.717, 1.165) is 25.0 Å². The van der Waals surface area contributed by atoms with Gasteiger partial charge in [0.2, 0.25) is 5.88 Å². The van der Waals surface area contributed by atoms with Crippen LogP contribution in [0.1, 0.15) is 51.6 Å². The molecule has 0 aromatic carbocycles. The van der Waals surface area contributed by atoms with Crippen LogP contribution in [0.5, 0.6) is 5.88 Å². The number of hydrogen-bond donors (Lipinski definition) is 1. The summed E-state index contributed by atoms with van der Waals surface area (Å²) < 4.78 is 18.3. The molecule has 22 heavy (non-hydrogen) atoms. The molecular formula is C15H23N3O4. The molecule has 0 radical (unpaired) electrons. The quantitative estimate of drug-likeness (QED) is 0.903. The minimum atomic E-state index is -0.831. The molecule has 2 heterocycles. The second-order valence-electron chi connectivity index (χ2n) is 6.96. The van der Waals surface area contributed by atoms with E-state index in [1.165, 1.54) is 0 Å². The molecule has 1 atom stereocenters. The van der Waals surface area contributed by atoms with Gasteiger partial charge in [0.1, 0.15) is 0 Å². The maximum Gasteiger partial charge on any atom is 0.411 e. The molecule has 7 heteroatoms. The first-order valence-electron chi connectivity index (χ1n) is 7.65. The molecule has 1 amide bonds. The molecule has 2 fully saturated rings. The average Bonchev–Trinajstić information content (AvgIpc) is 3.09. The lowest BCUT2D eigenvalue weighted by Crippen LogP contribution is -2.27. The highest BCUT2D eigenvalue weighted by molar-refractivity contribution is 5.67. The van der Waals surface area contributed by atoms with Gasteiger partial charge >= 0.3 is 6.09 Å². The minimum absolute atomic E-state index is 0.233. The number of hydrogen-bond acceptors (Lipinski definition) is 5. The fraction of sp³-hybridized carbons (Fsp3) is 0.733. The number of rotatable bonds is 2. The first kappa shape index (κ1) is 15.3. The summed E-state index contributed by atoms with van der Waals surface area (Å²) in [6.45, 7) is 7.29. The van der Waals surface area contributed by atoms with Gasteiger partial charge in [-0.25, -0.2) is 9.48 Å². The van der Waals surface area contributed by atoms with Gasteiger partial charge < -0.3 is 19.9 Å². The first-order valence-corrected chi connectivity index (χ1v) is 7.65. The molecule has 2 aliphatic rings. The van der Waals surface area contributed by atoms with E-state index in [9.17, 15) is 4.79 Å². The van der Waals surface area contributed by atoms with Crippen molar-refractivity contribution >= 4 is 6.09 Å². The van der Waals surface area contributed by atoms with Gasteiger partial charge in [0.05, 0.1) is 24.4 Å². The summed E-state index contributed by atoms with van der Waals surface area (Å²) in [4.78, 5) is 11.1. The fourth-order valence-electron chi connectivity index (χ4n) is 3.22. The summed E-state index contributed by atoms with van der Waals surface area (Å²) in [6, 6.07) is 1.80. The Morgan fingerprint density at radius 2 is 2.14 bits per heavy atom. The molecule has 1 aromatic heterocycles. The molecule has 2 N–H and O–H groups in total. The highest BCUT2D eigenvalue weighted by atomic mass is 16.7. The van der Waals surface area contributed by atoms with Crippen molar-refractivity contribution in [2.24, 2.45) is 5.73 Å². The van der Waals surface area contributed by atoms with Crippen molar-refractivity contribution in [3.63, 3.8) is 0 Å². The molecule has 122 valence electrons. The molecule has 1 saturated heterocycles. The monoisotopic (exact) mass is 309 g/mol. The Kier molecular flexibility index (Phi) is 3.65. The SMILES string of the molecule is CC(C)(C)n1nc(C2CCC3(C2)OCCO3)cc1OC(N)=O. The molecule has 1 aliphatic carbocycles. The van der Waals surface area contributed by atoms with Crippen LogP contribution in [0, 0.1) is 0 Å². The van der Waals surface area contributed by atoms with Gasteiger partial charge in [0.15, 0.2) is 5.79 Å². The number of amides is 1. The van der Waals surface area contributed by atoms with Gasteiger partial charge in [-0.1, -0.05) is 0 Å². The maximum atomic E-state index is 11.1. The van der Waals surface area contributed by atoms with Gasteiger partial charge in [-0.05, 0) is 27.2 Å². The van der Waals surface area contributed by atoms with Crippen LogP contribution >= 0.6 is 0 Å². The largest absolute Gasteiger partial charge is 0.411 e. The number of ether oxygens (including phenoxy) is 3. The third kappa shape index (κ3) is 2.83. The fourth-order valence-corrected chi connectivity index (χ4v) is 3.22. The Bertz CT molecular complexity index is 570. The van der Waals surface area contributed by atoms with Crippen LogP contribution in [0.2, 0.25) is 0 Å². The molecule has 1 unspecified atom stereocenters. The van der Waals surface area contributed by atoms with E-state index in [1.807, 2.05) is 20.8 Å². The molecule has 1 aromatic rings. The van der Waals surface area contributed by atoms with E-state index < -0.39 is 11.9 Å². The van der Waals surface area contributed by atoms with Crippen molar-refractivity contribution < 1.29 is 19.0 Å². The van der Waals surface area contributed by atoms with Crippen molar-refractivity contribution in [2.75, 3.05) is 13.2 Å². The smallest absolute Gasteiger partial charge is 0.392 e. The number of nitrogens with two attached hydrogens (primary N) is 1. The van der Waals surface area contributed by atoms with Crippen molar-refractivity contribution in [2.45, 2.75) is 57.3 Å². The van der Waals surface area contributed by atoms with Crippen LogP contribution in [-0.2, 0) is 15.0 Å². The maximum absolute atomic E-state index is 11.1. The predicted octanol–water partition coefficient (Wildman–Crippen LogP) is 2.11. The zero-order chi connectivity index (χ0) is 16.0. The minimum Gasteiger partial charge on any atom is -0.392 e. The van der Waals surface area contributed by atoms with Crippen LogP contribution in [0.15, 0.2) is 6.07 Å². The zero-order valence-corrected chi connectivity index (χ0v) is 13.3. The predicted molar refractivity (Wildman–Crippen MR) is 78.7 cm³/mol. The molecule has 1 spiro atoms. The lowest BCUT2D eigenvalue weighted by molar-refractivity contribution is -0.151. The summed E-state index contributed by atoms with van der Waals surface area (Å²) in [6.07, 6.45) is 1.76. The zero-order valence-electron chi connectivity index (χ0n) is 13.3. The van der Waals surface area contributed by atoms with E-state index >= 15 is 0 Å². The number of carbonyl (C=O) groups is 1. The van der Waals surface area contributed by atoms with Crippen molar-refractivity contribution in [3.05, 3.63) is 11.8 Å². The van der Waals surface area contributed by atoms with Gasteiger partial charge in [-0.3, -0.25) is 0 Å². The van der Waals surface area contributed by atoms with Crippen LogP contribution in [0.25, 0.3) is 0 Å². The number of aromatic nitrogens is 2. The number of carbonyl (C=O) groups excluding carboxylic acids is 1. The standard InChI is InChI=1S/C15H23N3O4/c1-14(2,3)18-12(22-13(16)19)8-11(17-18)10-4-5-15(9-10)20-6-7-21-15/h8,10H,4-7,9H2,1-3H3,(H2,16,19). The van der Waals surface area contributed by atoms with E-state index in [-0.39, 0.29) is 11.5 Å². The van der Waals surface area contributed by atoms with Gasteiger partial charge in [0, 0.05) is 24.8 Å². The second-order valence-corrected chi connectivity index (χ2v) is 6.96. The molecule has 7 nitrogen and oxygen atoms in total. The van der Waals surface area contributed by atoms with Crippen molar-refractivity contribution in [1.82, 2.24) is 9.78 Å². The average molecular weight is 309 g/mol. The van der Waals surface area contributed by atoms with E-state index in [2.05, 4.69) is 5.10 Å². The third-order valence-corrected chi connectivity index (χ3v) is 4.20. The second kappa shape index (κ2) is 5.24. The Morgan fingerprint density at radius 3 is 2.73 bits per heavy atom. The van der Waals surface area contributed by atoms with Crippen LogP contribution in [-0.4, -0.2) is 34.9 Å². The van der Waals surface area contributed by atoms with E-state index in [0.29, 0.717) is 19.1 Å². The molecule has 1 saturated carbocycles. The molecule has 3 rings (SSSR count). The van der Waals surface area contributed by atoms with Crippen LogP contribution in [0.3, 0.4) is 0 Å². The van der Waals surface area contributed by atoms with Crippen LogP contribution in [0.4, 0.5) is 4.79 Å². The normalized spacial score (nSPS) is 24.0. The Balaban J connectivity index is 1.85. The summed E-state index contributed by atoms with van der Waals surface area (Å²) in [5.41, 5.74) is 5.74. The molecule has 1 aliphatic heterocycles. The van der Waals surface area contributed by atoms with Gasteiger partial charge in [-0.2, -0.15) is 5.10 Å². The van der Waals surface area contributed by atoms with Crippen molar-refractivity contribution in [3.8, 4) is 5.88 Å². The van der Waals surface area contributed by atoms with Gasteiger partial charge in [0.25, 0.3) is 0 Å². The Labute approximate surface area is 129 Å². The lowest BCUT2D eigenvalue weighted by atomic mass is 10.0. The number of nitrogens with zero attached hydrogens (tertiary/aromatic N) is 2. The topological polar surface area (TPSA) is 88.6 Å². The highest BCUT2D eigenvalue weighted by Gasteiger charge is 2.45. The summed E-state index contributed by atoms with van der Waals surface area (Å²) in [5.74, 6) is 0.169. The summed E-state index contributed by atoms with van der Waals surface area (Å²) in [5, 5.41) is 4.64. The third-order valence-electron chi connectivity index (χ3n) is 4.20. The summed E-state index contributed by atoms with van der Waals surface area (Å²) in [7, 11) is 0. The lowest BCUT2D eigenvalue weighted by Gasteiger charge is -2.22. The van der Waals surface area contributed by atoms with E-state index in [4.69, 9.17) is 19.9 Å². The molecular weight excluding hydrogens is 286 g/mol. The van der Waals surface area contributed by atoms with Gasteiger partial charge in [-0.15, -0.1) is 0 Å². The molecule has 0 bridgehead atoms.